The van der Waals surface area contributed by atoms with Gasteiger partial charge in [0.2, 0.25) is 0 Å². The molecule has 0 aliphatic carbocycles. The van der Waals surface area contributed by atoms with Crippen LogP contribution in [0.4, 0.5) is 5.82 Å². The smallest absolute Gasteiger partial charge is 0.279 e. The third-order valence-corrected chi connectivity index (χ3v) is 6.81. The molecule has 0 radical (unpaired) electrons. The molecule has 2 aromatic heterocycles. The number of nitrogens with two attached hydrogens (primary N) is 1. The van der Waals surface area contributed by atoms with Gasteiger partial charge < -0.3 is 15.5 Å². The second-order valence-electron chi connectivity index (χ2n) is 8.71. The number of methoxy groups -OCH3 is 1. The Hall–Kier alpha value is -3.65. The first-order chi connectivity index (χ1) is 16.6. The van der Waals surface area contributed by atoms with Gasteiger partial charge in [0, 0.05) is 50.1 Å². The molecule has 4 aromatic rings. The summed E-state index contributed by atoms with van der Waals surface area (Å²) >= 11 is 0. The number of nitrogens with zero attached hydrogens (tertiary/aromatic N) is 5. The topological polar surface area (TPSA) is 89.5 Å². The quantitative estimate of drug-likeness (QED) is 0.445. The van der Waals surface area contributed by atoms with Gasteiger partial charge in [-0.1, -0.05) is 31.2 Å². The van der Waals surface area contributed by atoms with E-state index in [1.165, 1.54) is 4.68 Å². The van der Waals surface area contributed by atoms with Crippen LogP contribution in [-0.2, 0) is 6.42 Å². The molecule has 1 aliphatic rings. The Labute approximate surface area is 198 Å². The van der Waals surface area contributed by atoms with E-state index >= 15 is 0 Å². The number of para-hydroxylation sites is 2. The second-order valence-corrected chi connectivity index (χ2v) is 8.71. The molecular formula is C26H30N6O2. The summed E-state index contributed by atoms with van der Waals surface area (Å²) in [6.07, 6.45) is 1.58. The van der Waals surface area contributed by atoms with E-state index in [1.54, 1.807) is 13.2 Å². The van der Waals surface area contributed by atoms with Crippen molar-refractivity contribution in [3.63, 3.8) is 0 Å². The molecular weight excluding hydrogens is 428 g/mol. The van der Waals surface area contributed by atoms with Crippen LogP contribution in [0, 0.1) is 0 Å². The van der Waals surface area contributed by atoms with E-state index in [0.29, 0.717) is 23.1 Å². The lowest BCUT2D eigenvalue weighted by Crippen LogP contribution is -2.51. The summed E-state index contributed by atoms with van der Waals surface area (Å²) in [5.74, 6) is 8.56. The number of hydrogen-bond acceptors (Lipinski definition) is 7. The maximum atomic E-state index is 12.7. The van der Waals surface area contributed by atoms with Crippen molar-refractivity contribution in [1.82, 2.24) is 19.5 Å². The molecule has 1 saturated heterocycles. The van der Waals surface area contributed by atoms with Gasteiger partial charge in [-0.25, -0.2) is 14.6 Å². The molecule has 0 spiro atoms. The fourth-order valence-electron chi connectivity index (χ4n) is 4.86. The molecule has 2 N–H and O–H groups in total. The van der Waals surface area contributed by atoms with E-state index < -0.39 is 0 Å². The van der Waals surface area contributed by atoms with E-state index in [1.807, 2.05) is 48.5 Å². The molecule has 1 unspecified atom stereocenters. The minimum absolute atomic E-state index is 0.198. The highest BCUT2D eigenvalue weighted by atomic mass is 16.5. The summed E-state index contributed by atoms with van der Waals surface area (Å²) in [5.41, 5.74) is 1.44. The van der Waals surface area contributed by atoms with Crippen molar-refractivity contribution < 1.29 is 4.74 Å². The summed E-state index contributed by atoms with van der Waals surface area (Å²) < 4.78 is 6.84. The van der Waals surface area contributed by atoms with Crippen molar-refractivity contribution in [2.24, 2.45) is 0 Å². The Kier molecular flexibility index (Phi) is 6.06. The SMILES string of the molecule is CCC(Cc1nc2ccccc2c(=O)n1N)N1CCN(c2cc(OC)c3ccccc3n2)CC1. The van der Waals surface area contributed by atoms with Gasteiger partial charge in [0.15, 0.2) is 0 Å². The van der Waals surface area contributed by atoms with Gasteiger partial charge in [-0.15, -0.1) is 0 Å². The lowest BCUT2D eigenvalue weighted by atomic mass is 10.1. The fraction of sp³-hybridized carbons (Fsp3) is 0.346. The molecule has 5 rings (SSSR count). The number of nitrogen functional groups attached to an aromatic ring is 1. The minimum atomic E-state index is -0.198. The number of piperazine rings is 1. The standard InChI is InChI=1S/C26H30N6O2/c1-3-18(16-25-29-22-11-7-5-9-20(22)26(33)32(25)27)30-12-14-31(15-13-30)24-17-23(34-2)19-8-4-6-10-21(19)28-24/h4-11,17-18H,3,12-16,27H2,1-2H3. The summed E-state index contributed by atoms with van der Waals surface area (Å²) in [7, 11) is 1.70. The summed E-state index contributed by atoms with van der Waals surface area (Å²) in [6.45, 7) is 5.71. The molecule has 2 aromatic carbocycles. The molecule has 1 atom stereocenters. The average molecular weight is 459 g/mol. The highest BCUT2D eigenvalue weighted by Crippen LogP contribution is 2.29. The van der Waals surface area contributed by atoms with Crippen LogP contribution in [0.15, 0.2) is 59.4 Å². The molecule has 34 heavy (non-hydrogen) atoms. The van der Waals surface area contributed by atoms with E-state index in [4.69, 9.17) is 20.5 Å². The zero-order chi connectivity index (χ0) is 23.7. The van der Waals surface area contributed by atoms with Crippen LogP contribution in [0.5, 0.6) is 5.75 Å². The van der Waals surface area contributed by atoms with Crippen molar-refractivity contribution in [2.45, 2.75) is 25.8 Å². The zero-order valence-corrected chi connectivity index (χ0v) is 19.6. The predicted octanol–water partition coefficient (Wildman–Crippen LogP) is 2.81. The highest BCUT2D eigenvalue weighted by Gasteiger charge is 2.26. The number of fused-ring (bicyclic) bond motifs is 2. The Morgan fingerprint density at radius 2 is 1.62 bits per heavy atom. The van der Waals surface area contributed by atoms with Crippen LogP contribution >= 0.6 is 0 Å². The molecule has 0 saturated carbocycles. The van der Waals surface area contributed by atoms with Gasteiger partial charge in [-0.2, -0.15) is 0 Å². The van der Waals surface area contributed by atoms with Crippen molar-refractivity contribution in [3.05, 3.63) is 70.8 Å². The van der Waals surface area contributed by atoms with Crippen LogP contribution in [0.2, 0.25) is 0 Å². The number of ether oxygens (including phenoxy) is 1. The lowest BCUT2D eigenvalue weighted by Gasteiger charge is -2.39. The van der Waals surface area contributed by atoms with E-state index in [0.717, 1.165) is 55.1 Å². The first kappa shape index (κ1) is 22.2. The molecule has 1 aliphatic heterocycles. The minimum Gasteiger partial charge on any atom is -0.496 e. The Bertz CT molecular complexity index is 1380. The Balaban J connectivity index is 1.32. The number of aromatic nitrogens is 3. The fourth-order valence-corrected chi connectivity index (χ4v) is 4.86. The molecule has 3 heterocycles. The van der Waals surface area contributed by atoms with Gasteiger partial charge in [0.05, 0.1) is 23.5 Å². The molecule has 0 amide bonds. The maximum Gasteiger partial charge on any atom is 0.279 e. The third-order valence-electron chi connectivity index (χ3n) is 6.81. The monoisotopic (exact) mass is 458 g/mol. The zero-order valence-electron chi connectivity index (χ0n) is 19.6. The lowest BCUT2D eigenvalue weighted by molar-refractivity contribution is 0.176. The van der Waals surface area contributed by atoms with E-state index in [2.05, 4.69) is 16.7 Å². The van der Waals surface area contributed by atoms with Crippen LogP contribution in [0.1, 0.15) is 19.2 Å². The van der Waals surface area contributed by atoms with E-state index in [-0.39, 0.29) is 11.6 Å². The van der Waals surface area contributed by atoms with Crippen LogP contribution in [-0.4, -0.2) is 58.9 Å². The summed E-state index contributed by atoms with van der Waals surface area (Å²) in [4.78, 5) is 27.1. The molecule has 8 heteroatoms. The number of hydrogen-bond donors (Lipinski definition) is 1. The molecule has 176 valence electrons. The second kappa shape index (κ2) is 9.30. The number of pyridine rings is 1. The van der Waals surface area contributed by atoms with Crippen molar-refractivity contribution >= 4 is 27.6 Å². The molecule has 8 nitrogen and oxygen atoms in total. The average Bonchev–Trinajstić information content (AvgIpc) is 2.89. The van der Waals surface area contributed by atoms with Gasteiger partial charge in [-0.3, -0.25) is 9.69 Å². The number of rotatable bonds is 6. The van der Waals surface area contributed by atoms with Crippen molar-refractivity contribution in [2.75, 3.05) is 44.0 Å². The molecule has 1 fully saturated rings. The Morgan fingerprint density at radius 1 is 0.971 bits per heavy atom. The van der Waals surface area contributed by atoms with E-state index in [9.17, 15) is 4.79 Å². The van der Waals surface area contributed by atoms with Crippen molar-refractivity contribution in [3.8, 4) is 5.75 Å². The van der Waals surface area contributed by atoms with Crippen LogP contribution in [0.25, 0.3) is 21.8 Å². The van der Waals surface area contributed by atoms with Gasteiger partial charge in [0.1, 0.15) is 17.4 Å². The highest BCUT2D eigenvalue weighted by molar-refractivity contribution is 5.87. The predicted molar refractivity (Wildman–Crippen MR) is 136 cm³/mol. The Morgan fingerprint density at radius 3 is 2.29 bits per heavy atom. The van der Waals surface area contributed by atoms with Gasteiger partial charge in [0.25, 0.3) is 5.56 Å². The summed E-state index contributed by atoms with van der Waals surface area (Å²) in [6, 6.07) is 17.7. The third kappa shape index (κ3) is 4.05. The van der Waals surface area contributed by atoms with Crippen LogP contribution in [0.3, 0.4) is 0 Å². The normalized spacial score (nSPS) is 15.6. The largest absolute Gasteiger partial charge is 0.496 e. The van der Waals surface area contributed by atoms with Gasteiger partial charge in [-0.05, 0) is 30.7 Å². The number of benzene rings is 2. The summed E-state index contributed by atoms with van der Waals surface area (Å²) in [5, 5.41) is 1.57. The number of anilines is 1. The molecule has 0 bridgehead atoms. The first-order valence-electron chi connectivity index (χ1n) is 11.8. The van der Waals surface area contributed by atoms with Crippen molar-refractivity contribution in [1.29, 1.82) is 0 Å². The maximum absolute atomic E-state index is 12.7. The first-order valence-corrected chi connectivity index (χ1v) is 11.8. The van der Waals surface area contributed by atoms with Crippen LogP contribution < -0.4 is 21.0 Å². The van der Waals surface area contributed by atoms with Gasteiger partial charge >= 0.3 is 0 Å².